The summed E-state index contributed by atoms with van der Waals surface area (Å²) in [5.41, 5.74) is 0. The van der Waals surface area contributed by atoms with Crippen molar-refractivity contribution in [1.82, 2.24) is 0 Å². The Morgan fingerprint density at radius 3 is 1.82 bits per heavy atom. The molecule has 1 unspecified atom stereocenters. The first-order chi connectivity index (χ1) is 10.8. The van der Waals surface area contributed by atoms with Gasteiger partial charge in [0.05, 0.1) is 9.52 Å². The highest BCUT2D eigenvalue weighted by Gasteiger charge is 2.26. The minimum atomic E-state index is -0.0113. The fourth-order valence-electron chi connectivity index (χ4n) is 3.71. The predicted octanol–water partition coefficient (Wildman–Crippen LogP) is 6.19. The maximum Gasteiger partial charge on any atom is 0.0591 e. The van der Waals surface area contributed by atoms with E-state index in [1.165, 1.54) is 102 Å². The van der Waals surface area contributed by atoms with E-state index in [-0.39, 0.29) is 9.52 Å². The second-order valence-corrected chi connectivity index (χ2v) is 10.5. The normalized spacial score (nSPS) is 22.6. The first-order valence-corrected chi connectivity index (χ1v) is 12.1. The maximum absolute atomic E-state index is 6.03. The summed E-state index contributed by atoms with van der Waals surface area (Å²) in [6.07, 6.45) is 21.6. The molecule has 132 valence electrons. The maximum atomic E-state index is 6.03. The van der Waals surface area contributed by atoms with Crippen molar-refractivity contribution >= 4 is 9.52 Å². The Balaban J connectivity index is 1.76. The Morgan fingerprint density at radius 1 is 0.773 bits per heavy atom. The van der Waals surface area contributed by atoms with E-state index in [0.29, 0.717) is 5.22 Å². The first-order valence-electron chi connectivity index (χ1n) is 10.4. The minimum absolute atomic E-state index is 0.0113. The van der Waals surface area contributed by atoms with Crippen LogP contribution >= 0.6 is 0 Å². The van der Waals surface area contributed by atoms with E-state index in [0.717, 1.165) is 6.61 Å². The van der Waals surface area contributed by atoms with Crippen LogP contribution in [0.3, 0.4) is 0 Å². The van der Waals surface area contributed by atoms with Crippen molar-refractivity contribution in [3.8, 4) is 0 Å². The van der Waals surface area contributed by atoms with Crippen molar-refractivity contribution in [2.75, 3.05) is 6.61 Å². The van der Waals surface area contributed by atoms with Crippen LogP contribution in [0.15, 0.2) is 0 Å². The van der Waals surface area contributed by atoms with Crippen LogP contribution < -0.4 is 0 Å². The average Bonchev–Trinajstić information content (AvgIpc) is 2.52. The van der Waals surface area contributed by atoms with Crippen molar-refractivity contribution in [2.45, 2.75) is 121 Å². The molecule has 0 aliphatic carbocycles. The van der Waals surface area contributed by atoms with Gasteiger partial charge in [-0.05, 0) is 26.2 Å². The number of hydrogen-bond donors (Lipinski definition) is 0. The smallest absolute Gasteiger partial charge is 0.0591 e. The second kappa shape index (κ2) is 13.6. The fraction of sp³-hybridized carbons (Fsp3) is 1.00. The summed E-state index contributed by atoms with van der Waals surface area (Å²) < 4.78 is 6.03. The van der Waals surface area contributed by atoms with Crippen LogP contribution in [-0.4, -0.2) is 21.4 Å². The van der Waals surface area contributed by atoms with Gasteiger partial charge in [-0.15, -0.1) is 0 Å². The molecule has 0 bridgehead atoms. The van der Waals surface area contributed by atoms with Crippen molar-refractivity contribution in [3.05, 3.63) is 0 Å². The van der Waals surface area contributed by atoms with E-state index >= 15 is 0 Å². The Kier molecular flexibility index (Phi) is 12.5. The lowest BCUT2D eigenvalue weighted by Crippen LogP contribution is -2.38. The van der Waals surface area contributed by atoms with Gasteiger partial charge in [0, 0.05) is 11.8 Å². The number of ether oxygens (including phenoxy) is 1. The molecule has 0 N–H and O–H groups in total. The molecule has 22 heavy (non-hydrogen) atoms. The highest BCUT2D eigenvalue weighted by atomic mass is 28.2. The van der Waals surface area contributed by atoms with Crippen LogP contribution in [0.5, 0.6) is 0 Å². The lowest BCUT2D eigenvalue weighted by atomic mass is 10.1. The zero-order valence-corrected chi connectivity index (χ0v) is 17.1. The molecule has 1 heterocycles. The zero-order chi connectivity index (χ0) is 15.9. The van der Waals surface area contributed by atoms with Gasteiger partial charge in [-0.1, -0.05) is 90.0 Å². The average molecular weight is 327 g/mol. The Hall–Kier alpha value is 0.177. The number of hydrogen-bond acceptors (Lipinski definition) is 1. The molecule has 1 saturated heterocycles. The lowest BCUT2D eigenvalue weighted by molar-refractivity contribution is -0.00734. The van der Waals surface area contributed by atoms with Gasteiger partial charge in [-0.25, -0.2) is 0 Å². The van der Waals surface area contributed by atoms with Crippen LogP contribution in [0.4, 0.5) is 0 Å². The summed E-state index contributed by atoms with van der Waals surface area (Å²) in [6.45, 7) is 5.71. The lowest BCUT2D eigenvalue weighted by Gasteiger charge is -2.33. The van der Waals surface area contributed by atoms with Crippen molar-refractivity contribution in [2.24, 2.45) is 0 Å². The van der Waals surface area contributed by atoms with E-state index in [1.807, 2.05) is 0 Å². The molecule has 0 aromatic carbocycles. The molecule has 0 radical (unpaired) electrons. The summed E-state index contributed by atoms with van der Waals surface area (Å²) in [6, 6.07) is 1.51. The highest BCUT2D eigenvalue weighted by molar-refractivity contribution is 6.39. The third kappa shape index (κ3) is 10.8. The van der Waals surface area contributed by atoms with Gasteiger partial charge in [-0.2, -0.15) is 0 Å². The summed E-state index contributed by atoms with van der Waals surface area (Å²) in [4.78, 5) is 0. The molecule has 0 amide bonds. The summed E-state index contributed by atoms with van der Waals surface area (Å²) in [5, 5.41) is 0.357. The van der Waals surface area contributed by atoms with E-state index < -0.39 is 0 Å². The van der Waals surface area contributed by atoms with Crippen LogP contribution in [0.2, 0.25) is 6.04 Å². The third-order valence-electron chi connectivity index (χ3n) is 5.36. The molecule has 1 rings (SSSR count). The van der Waals surface area contributed by atoms with E-state index in [4.69, 9.17) is 4.74 Å². The van der Waals surface area contributed by atoms with Gasteiger partial charge in [-0.3, -0.25) is 0 Å². The monoisotopic (exact) mass is 326 g/mol. The molecule has 1 aliphatic heterocycles. The molecule has 0 spiro atoms. The van der Waals surface area contributed by atoms with Crippen molar-refractivity contribution in [1.29, 1.82) is 0 Å². The standard InChI is InChI=1S/C20H42OSi/c1-3-4-5-6-7-8-9-10-11-12-13-16-19-22-20(2)17-14-15-18-21-20/h3-19,22H2,1-2H3. The Labute approximate surface area is 142 Å². The molecule has 1 atom stereocenters. The summed E-state index contributed by atoms with van der Waals surface area (Å²) in [5.74, 6) is 0. The summed E-state index contributed by atoms with van der Waals surface area (Å²) in [7, 11) is -0.0113. The van der Waals surface area contributed by atoms with Gasteiger partial charge < -0.3 is 4.74 Å². The molecule has 2 heteroatoms. The molecular weight excluding hydrogens is 284 g/mol. The van der Waals surface area contributed by atoms with Crippen molar-refractivity contribution in [3.63, 3.8) is 0 Å². The third-order valence-corrected chi connectivity index (χ3v) is 7.83. The van der Waals surface area contributed by atoms with Gasteiger partial charge in [0.1, 0.15) is 0 Å². The van der Waals surface area contributed by atoms with Crippen LogP contribution in [0.25, 0.3) is 0 Å². The molecule has 0 saturated carbocycles. The molecule has 0 aromatic heterocycles. The topological polar surface area (TPSA) is 9.23 Å². The van der Waals surface area contributed by atoms with Gasteiger partial charge in [0.2, 0.25) is 0 Å². The zero-order valence-electron chi connectivity index (χ0n) is 15.6. The van der Waals surface area contributed by atoms with Crippen molar-refractivity contribution < 1.29 is 4.74 Å². The van der Waals surface area contributed by atoms with Crippen LogP contribution in [-0.2, 0) is 4.74 Å². The SMILES string of the molecule is CCCCCCCCCCCCCC[SiH2]C1(C)CCCCO1. The number of rotatable bonds is 14. The van der Waals surface area contributed by atoms with E-state index in [2.05, 4.69) is 13.8 Å². The molecular formula is C20H42OSi. The number of unbranched alkanes of at least 4 members (excludes halogenated alkanes) is 11. The quantitative estimate of drug-likeness (QED) is 0.273. The van der Waals surface area contributed by atoms with Crippen LogP contribution in [0.1, 0.15) is 110 Å². The Bertz CT molecular complexity index is 236. The summed E-state index contributed by atoms with van der Waals surface area (Å²) >= 11 is 0. The minimum Gasteiger partial charge on any atom is -0.379 e. The largest absolute Gasteiger partial charge is 0.379 e. The fourth-order valence-corrected chi connectivity index (χ4v) is 5.85. The first kappa shape index (κ1) is 20.2. The van der Waals surface area contributed by atoms with Gasteiger partial charge in [0.15, 0.2) is 0 Å². The Morgan fingerprint density at radius 2 is 1.32 bits per heavy atom. The van der Waals surface area contributed by atoms with Gasteiger partial charge >= 0.3 is 0 Å². The van der Waals surface area contributed by atoms with E-state index in [9.17, 15) is 0 Å². The second-order valence-electron chi connectivity index (χ2n) is 7.75. The highest BCUT2D eigenvalue weighted by Crippen LogP contribution is 2.24. The van der Waals surface area contributed by atoms with Crippen LogP contribution in [0, 0.1) is 0 Å². The predicted molar refractivity (Wildman–Crippen MR) is 103 cm³/mol. The van der Waals surface area contributed by atoms with Gasteiger partial charge in [0.25, 0.3) is 0 Å². The van der Waals surface area contributed by atoms with E-state index in [1.54, 1.807) is 0 Å². The molecule has 1 fully saturated rings. The molecule has 0 aromatic rings. The molecule has 1 aliphatic rings. The molecule has 1 nitrogen and oxygen atoms in total.